The van der Waals surface area contributed by atoms with Crippen LogP contribution in [0.15, 0.2) is 0 Å². The molecule has 12 heavy (non-hydrogen) atoms. The van der Waals surface area contributed by atoms with E-state index in [9.17, 15) is 18.0 Å². The number of β-lactam (4-membered cyclic amide) rings is 1. The lowest BCUT2D eigenvalue weighted by molar-refractivity contribution is -0.185. The van der Waals surface area contributed by atoms with Gasteiger partial charge in [-0.15, -0.1) is 0 Å². The number of carbonyl (C=O) groups excluding carboxylic acids is 1. The van der Waals surface area contributed by atoms with Crippen LogP contribution in [0.25, 0.3) is 0 Å². The number of carbonyl (C=O) groups is 1. The molecule has 2 unspecified atom stereocenters. The maximum absolute atomic E-state index is 12.1. The Hall–Kier alpha value is 0.220. The lowest BCUT2D eigenvalue weighted by Gasteiger charge is -2.43. The van der Waals surface area contributed by atoms with Gasteiger partial charge in [0.05, 0.1) is 0 Å². The third kappa shape index (κ3) is 1.37. The number of rotatable bonds is 1. The molecule has 1 rings (SSSR count). The zero-order valence-corrected chi connectivity index (χ0v) is 8.75. The van der Waals surface area contributed by atoms with E-state index in [1.54, 1.807) is 5.32 Å². The van der Waals surface area contributed by atoms with Gasteiger partial charge in [0.1, 0.15) is 10.4 Å². The lowest BCUT2D eigenvalue weighted by Crippen LogP contribution is -2.75. The molecule has 1 aliphatic rings. The fraction of sp³-hybridized carbons (Fsp3) is 0.800. The highest BCUT2D eigenvalue weighted by molar-refractivity contribution is 9.12. The van der Waals surface area contributed by atoms with Crippen LogP contribution in [0, 0.1) is 0 Å². The molecule has 2 nitrogen and oxygen atoms in total. The van der Waals surface area contributed by atoms with Crippen LogP contribution in [-0.2, 0) is 4.79 Å². The Bertz CT molecular complexity index is 219. The van der Waals surface area contributed by atoms with Gasteiger partial charge in [0.25, 0.3) is 0 Å². The summed E-state index contributed by atoms with van der Waals surface area (Å²) in [5.41, 5.74) is 0. The van der Waals surface area contributed by atoms with Crippen molar-refractivity contribution in [1.82, 2.24) is 5.32 Å². The Morgan fingerprint density at radius 3 is 2.25 bits per heavy atom. The van der Waals surface area contributed by atoms with Crippen molar-refractivity contribution in [3.8, 4) is 0 Å². The molecule has 0 saturated carbocycles. The van der Waals surface area contributed by atoms with Crippen LogP contribution in [-0.4, -0.2) is 27.8 Å². The number of alkyl halides is 5. The summed E-state index contributed by atoms with van der Waals surface area (Å²) < 4.78 is 34.7. The molecule has 1 fully saturated rings. The molecule has 0 aliphatic carbocycles. The lowest BCUT2D eigenvalue weighted by atomic mass is 9.92. The minimum Gasteiger partial charge on any atom is -0.342 e. The first-order chi connectivity index (χ1) is 5.32. The highest BCUT2D eigenvalue weighted by Gasteiger charge is 2.64. The van der Waals surface area contributed by atoms with E-state index >= 15 is 0 Å². The molecule has 1 aliphatic heterocycles. The van der Waals surface area contributed by atoms with Gasteiger partial charge in [0, 0.05) is 5.33 Å². The number of amides is 1. The molecule has 0 aromatic carbocycles. The van der Waals surface area contributed by atoms with Gasteiger partial charge in [-0.25, -0.2) is 0 Å². The van der Waals surface area contributed by atoms with Gasteiger partial charge in [-0.1, -0.05) is 31.9 Å². The Labute approximate surface area is 83.1 Å². The van der Waals surface area contributed by atoms with Crippen LogP contribution in [0.3, 0.4) is 0 Å². The van der Waals surface area contributed by atoms with Crippen LogP contribution in [0.4, 0.5) is 13.2 Å². The highest BCUT2D eigenvalue weighted by Crippen LogP contribution is 2.41. The molecule has 7 heteroatoms. The van der Waals surface area contributed by atoms with Crippen LogP contribution in [0.1, 0.15) is 0 Å². The summed E-state index contributed by atoms with van der Waals surface area (Å²) in [6.07, 6.45) is -4.40. The van der Waals surface area contributed by atoms with Crippen LogP contribution in [0.2, 0.25) is 0 Å². The van der Waals surface area contributed by atoms with E-state index in [0.717, 1.165) is 0 Å². The normalized spacial score (nSPS) is 35.8. The first-order valence-electron chi connectivity index (χ1n) is 2.95. The summed E-state index contributed by atoms with van der Waals surface area (Å²) in [5.74, 6) is -0.637. The average molecular weight is 311 g/mol. The van der Waals surface area contributed by atoms with Crippen LogP contribution >= 0.6 is 31.9 Å². The standard InChI is InChI=1S/C5H4Br2F3NO/c6-1-4(7)2(5(8,9)10)11-3(4)12/h2H,1H2,(H,11,12). The Morgan fingerprint density at radius 2 is 2.08 bits per heavy atom. The topological polar surface area (TPSA) is 29.1 Å². The maximum Gasteiger partial charge on any atom is 0.410 e. The summed E-state index contributed by atoms with van der Waals surface area (Å²) in [6, 6.07) is -1.79. The molecule has 70 valence electrons. The Balaban J connectivity index is 2.80. The van der Waals surface area contributed by atoms with E-state index in [4.69, 9.17) is 0 Å². The molecule has 2 atom stereocenters. The summed E-state index contributed by atoms with van der Waals surface area (Å²) in [7, 11) is 0. The van der Waals surface area contributed by atoms with Gasteiger partial charge < -0.3 is 5.32 Å². The molecule has 0 aromatic heterocycles. The van der Waals surface area contributed by atoms with E-state index in [2.05, 4.69) is 31.9 Å². The third-order valence-electron chi connectivity index (χ3n) is 1.63. The molecule has 0 spiro atoms. The van der Waals surface area contributed by atoms with Crippen molar-refractivity contribution in [2.45, 2.75) is 16.5 Å². The smallest absolute Gasteiger partial charge is 0.342 e. The van der Waals surface area contributed by atoms with Crippen LogP contribution in [0.5, 0.6) is 0 Å². The van der Waals surface area contributed by atoms with Crippen molar-refractivity contribution in [2.75, 3.05) is 5.33 Å². The number of hydrogen-bond donors (Lipinski definition) is 1. The van der Waals surface area contributed by atoms with Crippen LogP contribution < -0.4 is 5.32 Å². The van der Waals surface area contributed by atoms with Gasteiger partial charge >= 0.3 is 6.18 Å². The molecule has 1 amide bonds. The van der Waals surface area contributed by atoms with Crippen molar-refractivity contribution in [3.63, 3.8) is 0 Å². The highest BCUT2D eigenvalue weighted by atomic mass is 79.9. The first-order valence-corrected chi connectivity index (χ1v) is 4.86. The van der Waals surface area contributed by atoms with Crippen molar-refractivity contribution >= 4 is 37.8 Å². The van der Waals surface area contributed by atoms with Gasteiger partial charge in [-0.2, -0.15) is 13.2 Å². The van der Waals surface area contributed by atoms with Crippen molar-refractivity contribution in [2.24, 2.45) is 0 Å². The monoisotopic (exact) mass is 309 g/mol. The zero-order chi connectivity index (χ0) is 9.57. The summed E-state index contributed by atoms with van der Waals surface area (Å²) in [5, 5.41) is 1.72. The SMILES string of the molecule is O=C1NC(C(F)(F)F)C1(Br)CBr. The van der Waals surface area contributed by atoms with Gasteiger partial charge in [-0.3, -0.25) is 4.79 Å². The van der Waals surface area contributed by atoms with Gasteiger partial charge in [-0.05, 0) is 0 Å². The summed E-state index contributed by atoms with van der Waals surface area (Å²) >= 11 is 5.60. The van der Waals surface area contributed by atoms with E-state index in [1.165, 1.54) is 0 Å². The van der Waals surface area contributed by atoms with Gasteiger partial charge in [0.15, 0.2) is 0 Å². The van der Waals surface area contributed by atoms with E-state index < -0.39 is 22.4 Å². The Kier molecular flexibility index (Phi) is 2.46. The fourth-order valence-corrected chi connectivity index (χ4v) is 1.96. The molecule has 1 N–H and O–H groups in total. The molecule has 1 saturated heterocycles. The van der Waals surface area contributed by atoms with Crippen molar-refractivity contribution < 1.29 is 18.0 Å². The minimum atomic E-state index is -4.40. The molecule has 0 radical (unpaired) electrons. The third-order valence-corrected chi connectivity index (χ3v) is 4.37. The van der Waals surface area contributed by atoms with E-state index in [-0.39, 0.29) is 5.33 Å². The van der Waals surface area contributed by atoms with Crippen molar-refractivity contribution in [1.29, 1.82) is 0 Å². The van der Waals surface area contributed by atoms with E-state index in [0.29, 0.717) is 0 Å². The predicted octanol–water partition coefficient (Wildman–Crippen LogP) is 1.58. The second-order valence-electron chi connectivity index (χ2n) is 2.44. The summed E-state index contributed by atoms with van der Waals surface area (Å²) in [6.45, 7) is 0. The minimum absolute atomic E-state index is 0.0595. The average Bonchev–Trinajstić information content (AvgIpc) is 1.96. The molecule has 0 bridgehead atoms. The maximum atomic E-state index is 12.1. The number of halogens is 5. The molecular weight excluding hydrogens is 307 g/mol. The quantitative estimate of drug-likeness (QED) is 0.578. The summed E-state index contributed by atoms with van der Waals surface area (Å²) in [4.78, 5) is 10.8. The second-order valence-corrected chi connectivity index (χ2v) is 4.42. The fourth-order valence-electron chi connectivity index (χ4n) is 0.898. The van der Waals surface area contributed by atoms with Crippen molar-refractivity contribution in [3.05, 3.63) is 0 Å². The Morgan fingerprint density at radius 1 is 1.58 bits per heavy atom. The largest absolute Gasteiger partial charge is 0.410 e. The number of nitrogens with one attached hydrogen (secondary N) is 1. The predicted molar refractivity (Wildman–Crippen MR) is 43.4 cm³/mol. The van der Waals surface area contributed by atoms with E-state index in [1.807, 2.05) is 0 Å². The molecule has 0 aromatic rings. The van der Waals surface area contributed by atoms with Gasteiger partial charge in [0.2, 0.25) is 5.91 Å². The first kappa shape index (κ1) is 10.3. The zero-order valence-electron chi connectivity index (χ0n) is 5.58. The molecular formula is C5H4Br2F3NO. The number of hydrogen-bond acceptors (Lipinski definition) is 1. The second kappa shape index (κ2) is 2.87. The molecule has 1 heterocycles.